The minimum atomic E-state index is -0.0415. The van der Waals surface area contributed by atoms with Crippen molar-refractivity contribution in [2.24, 2.45) is 0 Å². The number of halogens is 2. The highest BCUT2D eigenvalue weighted by molar-refractivity contribution is 9.10. The molecule has 1 N–H and O–H groups in total. The number of nitrogens with one attached hydrogen (secondary N) is 1. The Bertz CT molecular complexity index is 589. The molecule has 0 aliphatic carbocycles. The highest BCUT2D eigenvalue weighted by atomic mass is 79.9. The molecule has 0 aromatic heterocycles. The minimum absolute atomic E-state index is 0.0415. The van der Waals surface area contributed by atoms with Gasteiger partial charge in [0.15, 0.2) is 0 Å². The topological polar surface area (TPSA) is 29.1 Å². The van der Waals surface area contributed by atoms with Crippen LogP contribution < -0.4 is 5.32 Å². The van der Waals surface area contributed by atoms with E-state index in [1.54, 1.807) is 23.9 Å². The van der Waals surface area contributed by atoms with E-state index in [4.69, 9.17) is 11.6 Å². The van der Waals surface area contributed by atoms with E-state index in [0.29, 0.717) is 16.5 Å². The molecule has 2 aromatic rings. The summed E-state index contributed by atoms with van der Waals surface area (Å²) in [6.45, 7) is 0. The van der Waals surface area contributed by atoms with Crippen LogP contribution in [0.3, 0.4) is 0 Å². The summed E-state index contributed by atoms with van der Waals surface area (Å²) in [6.07, 6.45) is 0. The number of amides is 1. The number of hydrogen-bond donors (Lipinski definition) is 1. The second kappa shape index (κ2) is 7.72. The van der Waals surface area contributed by atoms with Gasteiger partial charge in [0.25, 0.3) is 0 Å². The van der Waals surface area contributed by atoms with Crippen LogP contribution in [-0.2, 0) is 10.5 Å². The van der Waals surface area contributed by atoms with E-state index in [2.05, 4.69) is 21.2 Å². The third kappa shape index (κ3) is 4.85. The number of carbonyl (C=O) groups excluding carboxylic acids is 1. The van der Waals surface area contributed by atoms with Crippen molar-refractivity contribution in [1.29, 1.82) is 0 Å². The number of hydrogen-bond acceptors (Lipinski definition) is 2. The number of benzene rings is 2. The third-order valence-corrected chi connectivity index (χ3v) is 4.43. The fourth-order valence-electron chi connectivity index (χ4n) is 1.59. The summed E-state index contributed by atoms with van der Waals surface area (Å²) >= 11 is 11.0. The zero-order valence-corrected chi connectivity index (χ0v) is 13.8. The van der Waals surface area contributed by atoms with E-state index in [-0.39, 0.29) is 5.91 Å². The molecule has 0 atom stereocenters. The van der Waals surface area contributed by atoms with Crippen molar-refractivity contribution in [3.8, 4) is 0 Å². The standard InChI is InChI=1S/C15H13BrClNOS/c16-12-7-5-11(6-8-12)9-20-10-15(19)18-14-4-2-1-3-13(14)17/h1-8H,9-10H2,(H,18,19). The minimum Gasteiger partial charge on any atom is -0.324 e. The maximum atomic E-state index is 11.8. The lowest BCUT2D eigenvalue weighted by Crippen LogP contribution is -2.14. The van der Waals surface area contributed by atoms with Crippen LogP contribution in [0.2, 0.25) is 5.02 Å². The van der Waals surface area contributed by atoms with Crippen molar-refractivity contribution >= 4 is 50.9 Å². The SMILES string of the molecule is O=C(CSCc1ccc(Br)cc1)Nc1ccccc1Cl. The van der Waals surface area contributed by atoms with Crippen LogP contribution in [0.5, 0.6) is 0 Å². The predicted octanol–water partition coefficient (Wildman–Crippen LogP) is 4.97. The summed E-state index contributed by atoms with van der Waals surface area (Å²) in [5.74, 6) is 1.17. The molecule has 0 fully saturated rings. The first kappa shape index (κ1) is 15.4. The lowest BCUT2D eigenvalue weighted by molar-refractivity contribution is -0.113. The van der Waals surface area contributed by atoms with Crippen LogP contribution in [0.4, 0.5) is 5.69 Å². The van der Waals surface area contributed by atoms with Crippen molar-refractivity contribution in [1.82, 2.24) is 0 Å². The average Bonchev–Trinajstić information content (AvgIpc) is 2.44. The van der Waals surface area contributed by atoms with E-state index in [0.717, 1.165) is 10.2 Å². The molecule has 0 radical (unpaired) electrons. The number of para-hydroxylation sites is 1. The number of thioether (sulfide) groups is 1. The summed E-state index contributed by atoms with van der Waals surface area (Å²) in [4.78, 5) is 11.8. The summed E-state index contributed by atoms with van der Waals surface area (Å²) in [7, 11) is 0. The summed E-state index contributed by atoms with van der Waals surface area (Å²) in [5.41, 5.74) is 1.85. The van der Waals surface area contributed by atoms with Crippen molar-refractivity contribution in [2.45, 2.75) is 5.75 Å². The molecular weight excluding hydrogens is 358 g/mol. The maximum Gasteiger partial charge on any atom is 0.234 e. The van der Waals surface area contributed by atoms with Gasteiger partial charge in [0.2, 0.25) is 5.91 Å². The van der Waals surface area contributed by atoms with Gasteiger partial charge in [-0.05, 0) is 29.8 Å². The second-order valence-corrected chi connectivity index (χ2v) is 6.46. The monoisotopic (exact) mass is 369 g/mol. The third-order valence-electron chi connectivity index (χ3n) is 2.56. The molecule has 2 rings (SSSR count). The van der Waals surface area contributed by atoms with Crippen molar-refractivity contribution in [2.75, 3.05) is 11.1 Å². The van der Waals surface area contributed by atoms with Crippen LogP contribution >= 0.6 is 39.3 Å². The molecule has 104 valence electrons. The first-order chi connectivity index (χ1) is 9.65. The normalized spacial score (nSPS) is 10.3. The van der Waals surface area contributed by atoms with Crippen LogP contribution in [0.15, 0.2) is 53.0 Å². The first-order valence-electron chi connectivity index (χ1n) is 6.02. The molecule has 5 heteroatoms. The zero-order chi connectivity index (χ0) is 14.4. The Labute approximate surface area is 136 Å². The molecule has 0 heterocycles. The Balaban J connectivity index is 1.78. The molecular formula is C15H13BrClNOS. The number of carbonyl (C=O) groups is 1. The van der Waals surface area contributed by atoms with Crippen LogP contribution in [0, 0.1) is 0 Å². The van der Waals surface area contributed by atoms with Crippen LogP contribution in [0.1, 0.15) is 5.56 Å². The molecule has 0 unspecified atom stereocenters. The Kier molecular flexibility index (Phi) is 5.95. The fraction of sp³-hybridized carbons (Fsp3) is 0.133. The predicted molar refractivity (Wildman–Crippen MR) is 90.4 cm³/mol. The average molecular weight is 371 g/mol. The second-order valence-electron chi connectivity index (χ2n) is 4.15. The first-order valence-corrected chi connectivity index (χ1v) is 8.34. The van der Waals surface area contributed by atoms with Gasteiger partial charge in [-0.25, -0.2) is 0 Å². The van der Waals surface area contributed by atoms with Crippen molar-refractivity contribution < 1.29 is 4.79 Å². The largest absolute Gasteiger partial charge is 0.324 e. The van der Waals surface area contributed by atoms with Gasteiger partial charge in [0, 0.05) is 10.2 Å². The van der Waals surface area contributed by atoms with E-state index >= 15 is 0 Å². The van der Waals surface area contributed by atoms with Crippen molar-refractivity contribution in [3.63, 3.8) is 0 Å². The summed E-state index contributed by atoms with van der Waals surface area (Å²) < 4.78 is 1.06. The van der Waals surface area contributed by atoms with Gasteiger partial charge in [0.05, 0.1) is 16.5 Å². The summed E-state index contributed by atoms with van der Waals surface area (Å²) in [6, 6.07) is 15.3. The van der Waals surface area contributed by atoms with E-state index in [1.165, 1.54) is 5.56 Å². The molecule has 0 aliphatic rings. The van der Waals surface area contributed by atoms with Crippen LogP contribution in [0.25, 0.3) is 0 Å². The Hall–Kier alpha value is -0.970. The van der Waals surface area contributed by atoms with Gasteiger partial charge in [-0.2, -0.15) is 0 Å². The summed E-state index contributed by atoms with van der Waals surface area (Å²) in [5, 5.41) is 3.36. The quantitative estimate of drug-likeness (QED) is 0.804. The molecule has 0 aliphatic heterocycles. The smallest absolute Gasteiger partial charge is 0.234 e. The van der Waals surface area contributed by atoms with E-state index < -0.39 is 0 Å². The molecule has 2 aromatic carbocycles. The Morgan fingerprint density at radius 2 is 1.85 bits per heavy atom. The molecule has 1 amide bonds. The van der Waals surface area contributed by atoms with Gasteiger partial charge >= 0.3 is 0 Å². The Morgan fingerprint density at radius 3 is 2.55 bits per heavy atom. The molecule has 0 spiro atoms. The molecule has 0 saturated carbocycles. The van der Waals surface area contributed by atoms with Crippen LogP contribution in [-0.4, -0.2) is 11.7 Å². The van der Waals surface area contributed by atoms with E-state index in [1.807, 2.05) is 36.4 Å². The molecule has 0 saturated heterocycles. The maximum absolute atomic E-state index is 11.8. The lowest BCUT2D eigenvalue weighted by atomic mass is 10.2. The van der Waals surface area contributed by atoms with Gasteiger partial charge in [-0.15, -0.1) is 11.8 Å². The Morgan fingerprint density at radius 1 is 1.15 bits per heavy atom. The van der Waals surface area contributed by atoms with Gasteiger partial charge in [-0.1, -0.05) is 51.8 Å². The highest BCUT2D eigenvalue weighted by Gasteiger charge is 2.05. The molecule has 20 heavy (non-hydrogen) atoms. The fourth-order valence-corrected chi connectivity index (χ4v) is 2.83. The number of rotatable bonds is 5. The molecule has 2 nitrogen and oxygen atoms in total. The zero-order valence-electron chi connectivity index (χ0n) is 10.6. The molecule has 0 bridgehead atoms. The van der Waals surface area contributed by atoms with Crippen molar-refractivity contribution in [3.05, 3.63) is 63.6 Å². The van der Waals surface area contributed by atoms with Gasteiger partial charge in [0.1, 0.15) is 0 Å². The highest BCUT2D eigenvalue weighted by Crippen LogP contribution is 2.21. The lowest BCUT2D eigenvalue weighted by Gasteiger charge is -2.07. The van der Waals surface area contributed by atoms with Gasteiger partial charge in [-0.3, -0.25) is 4.79 Å². The number of anilines is 1. The van der Waals surface area contributed by atoms with Gasteiger partial charge < -0.3 is 5.32 Å². The van der Waals surface area contributed by atoms with E-state index in [9.17, 15) is 4.79 Å².